The molecule has 0 atom stereocenters. The lowest BCUT2D eigenvalue weighted by atomic mass is 10.1. The maximum Gasteiger partial charge on any atom is 0.405 e. The molecule has 0 fully saturated rings. The molecule has 0 saturated heterocycles. The summed E-state index contributed by atoms with van der Waals surface area (Å²) < 4.78 is 37.0. The zero-order valence-electron chi connectivity index (χ0n) is 11.9. The standard InChI is InChI=1S/C12H20F3N3S/c1-8-9(6-16-11(2,3)4)19-10(17-8)18(5)7-12(13,14)15/h16H,6-7H2,1-5H3. The van der Waals surface area contributed by atoms with Crippen molar-refractivity contribution in [3.63, 3.8) is 0 Å². The van der Waals surface area contributed by atoms with E-state index in [0.717, 1.165) is 15.5 Å². The molecule has 0 aliphatic heterocycles. The molecule has 0 aliphatic carbocycles. The Morgan fingerprint density at radius 3 is 2.32 bits per heavy atom. The fraction of sp³-hybridized carbons (Fsp3) is 0.750. The Kier molecular flexibility index (Phi) is 4.84. The number of hydrogen-bond acceptors (Lipinski definition) is 4. The summed E-state index contributed by atoms with van der Waals surface area (Å²) in [5, 5.41) is 3.71. The highest BCUT2D eigenvalue weighted by molar-refractivity contribution is 7.15. The Morgan fingerprint density at radius 2 is 1.84 bits per heavy atom. The van der Waals surface area contributed by atoms with Crippen LogP contribution < -0.4 is 10.2 Å². The quantitative estimate of drug-likeness (QED) is 0.923. The molecular formula is C12H20F3N3S. The van der Waals surface area contributed by atoms with Crippen LogP contribution in [-0.4, -0.2) is 30.3 Å². The molecular weight excluding hydrogens is 275 g/mol. The molecule has 1 heterocycles. The summed E-state index contributed by atoms with van der Waals surface area (Å²) >= 11 is 1.30. The number of aryl methyl sites for hydroxylation is 1. The number of nitrogens with zero attached hydrogens (tertiary/aromatic N) is 2. The Morgan fingerprint density at radius 1 is 1.26 bits per heavy atom. The number of aromatic nitrogens is 1. The minimum Gasteiger partial charge on any atom is -0.342 e. The summed E-state index contributed by atoms with van der Waals surface area (Å²) in [6, 6.07) is 0. The monoisotopic (exact) mass is 295 g/mol. The summed E-state index contributed by atoms with van der Waals surface area (Å²) in [5.74, 6) is 0. The predicted molar refractivity (Wildman–Crippen MR) is 72.8 cm³/mol. The fourth-order valence-electron chi connectivity index (χ4n) is 1.42. The van der Waals surface area contributed by atoms with E-state index in [1.54, 1.807) is 0 Å². The van der Waals surface area contributed by atoms with Gasteiger partial charge in [-0.2, -0.15) is 13.2 Å². The number of rotatable bonds is 4. The van der Waals surface area contributed by atoms with Gasteiger partial charge in [-0.1, -0.05) is 0 Å². The minimum absolute atomic E-state index is 0.0333. The van der Waals surface area contributed by atoms with Gasteiger partial charge in [-0.05, 0) is 27.7 Å². The van der Waals surface area contributed by atoms with Crippen LogP contribution in [0.3, 0.4) is 0 Å². The molecule has 110 valence electrons. The van der Waals surface area contributed by atoms with E-state index >= 15 is 0 Å². The number of alkyl halides is 3. The van der Waals surface area contributed by atoms with Gasteiger partial charge in [-0.3, -0.25) is 0 Å². The first-order valence-electron chi connectivity index (χ1n) is 5.97. The predicted octanol–water partition coefficient (Wildman–Crippen LogP) is 3.34. The molecule has 3 nitrogen and oxygen atoms in total. The molecule has 0 radical (unpaired) electrons. The van der Waals surface area contributed by atoms with Gasteiger partial charge in [0.25, 0.3) is 0 Å². The van der Waals surface area contributed by atoms with Gasteiger partial charge >= 0.3 is 6.18 Å². The van der Waals surface area contributed by atoms with Crippen LogP contribution in [0.2, 0.25) is 0 Å². The van der Waals surface area contributed by atoms with E-state index in [9.17, 15) is 13.2 Å². The number of nitrogens with one attached hydrogen (secondary N) is 1. The van der Waals surface area contributed by atoms with Gasteiger partial charge in [0.05, 0.1) is 5.69 Å². The molecule has 0 bridgehead atoms. The van der Waals surface area contributed by atoms with Gasteiger partial charge in [-0.15, -0.1) is 11.3 Å². The van der Waals surface area contributed by atoms with Gasteiger partial charge in [-0.25, -0.2) is 4.98 Å². The van der Waals surface area contributed by atoms with E-state index in [4.69, 9.17) is 0 Å². The summed E-state index contributed by atoms with van der Waals surface area (Å²) in [6.07, 6.45) is -4.21. The Labute approximate surface area is 115 Å². The highest BCUT2D eigenvalue weighted by atomic mass is 32.1. The van der Waals surface area contributed by atoms with Crippen molar-refractivity contribution in [2.45, 2.75) is 46.0 Å². The van der Waals surface area contributed by atoms with Crippen LogP contribution in [0.4, 0.5) is 18.3 Å². The number of anilines is 1. The first kappa shape index (κ1) is 16.2. The van der Waals surface area contributed by atoms with Crippen molar-refractivity contribution in [3.05, 3.63) is 10.6 Å². The van der Waals surface area contributed by atoms with Crippen LogP contribution in [-0.2, 0) is 6.54 Å². The third-order valence-electron chi connectivity index (χ3n) is 2.40. The number of halogens is 3. The fourth-order valence-corrected chi connectivity index (χ4v) is 2.38. The molecule has 0 aliphatic rings. The summed E-state index contributed by atoms with van der Waals surface area (Å²) in [4.78, 5) is 6.31. The second-order valence-corrected chi connectivity index (χ2v) is 6.64. The zero-order valence-corrected chi connectivity index (χ0v) is 12.7. The lowest BCUT2D eigenvalue weighted by Crippen LogP contribution is -2.34. The van der Waals surface area contributed by atoms with Gasteiger partial charge in [0, 0.05) is 24.0 Å². The van der Waals surface area contributed by atoms with Gasteiger partial charge in [0.2, 0.25) is 0 Å². The van der Waals surface area contributed by atoms with Crippen LogP contribution in [0.25, 0.3) is 0 Å². The van der Waals surface area contributed by atoms with E-state index in [0.29, 0.717) is 11.7 Å². The lowest BCUT2D eigenvalue weighted by molar-refractivity contribution is -0.119. The Hall–Kier alpha value is -0.820. The van der Waals surface area contributed by atoms with Crippen molar-refractivity contribution in [2.75, 3.05) is 18.5 Å². The Bertz CT molecular complexity index is 421. The van der Waals surface area contributed by atoms with Gasteiger partial charge < -0.3 is 10.2 Å². The molecule has 7 heteroatoms. The third kappa shape index (κ3) is 5.78. The summed E-state index contributed by atoms with van der Waals surface area (Å²) in [5.41, 5.74) is 0.750. The van der Waals surface area contributed by atoms with Gasteiger partial charge in [0.1, 0.15) is 6.54 Å². The third-order valence-corrected chi connectivity index (χ3v) is 3.68. The molecule has 0 spiro atoms. The molecule has 0 saturated carbocycles. The topological polar surface area (TPSA) is 28.2 Å². The summed E-state index contributed by atoms with van der Waals surface area (Å²) in [7, 11) is 1.41. The molecule has 1 N–H and O–H groups in total. The van der Waals surface area contributed by atoms with Crippen molar-refractivity contribution in [2.24, 2.45) is 0 Å². The minimum atomic E-state index is -4.21. The van der Waals surface area contributed by atoms with Crippen LogP contribution in [0.15, 0.2) is 0 Å². The molecule has 0 unspecified atom stereocenters. The van der Waals surface area contributed by atoms with Crippen molar-refractivity contribution in [3.8, 4) is 0 Å². The first-order valence-corrected chi connectivity index (χ1v) is 6.79. The average Bonchev–Trinajstić information content (AvgIpc) is 2.53. The van der Waals surface area contributed by atoms with Crippen LogP contribution >= 0.6 is 11.3 Å². The second-order valence-electron chi connectivity index (χ2n) is 5.58. The van der Waals surface area contributed by atoms with Crippen LogP contribution in [0.1, 0.15) is 31.3 Å². The van der Waals surface area contributed by atoms with Crippen LogP contribution in [0.5, 0.6) is 0 Å². The van der Waals surface area contributed by atoms with E-state index in [-0.39, 0.29) is 5.54 Å². The lowest BCUT2D eigenvalue weighted by Gasteiger charge is -2.20. The molecule has 19 heavy (non-hydrogen) atoms. The molecule has 0 aromatic carbocycles. The van der Waals surface area contributed by atoms with Crippen molar-refractivity contribution < 1.29 is 13.2 Å². The normalized spacial score (nSPS) is 12.8. The molecule has 1 aromatic heterocycles. The highest BCUT2D eigenvalue weighted by Crippen LogP contribution is 2.28. The SMILES string of the molecule is Cc1nc(N(C)CC(F)(F)F)sc1CNC(C)(C)C. The van der Waals surface area contributed by atoms with E-state index in [1.807, 2.05) is 27.7 Å². The van der Waals surface area contributed by atoms with Crippen molar-refractivity contribution >= 4 is 16.5 Å². The second kappa shape index (κ2) is 5.66. The largest absolute Gasteiger partial charge is 0.405 e. The Balaban J connectivity index is 2.73. The molecule has 1 rings (SSSR count). The maximum atomic E-state index is 12.3. The highest BCUT2D eigenvalue weighted by Gasteiger charge is 2.30. The molecule has 0 amide bonds. The number of hydrogen-bond donors (Lipinski definition) is 1. The van der Waals surface area contributed by atoms with E-state index < -0.39 is 12.7 Å². The van der Waals surface area contributed by atoms with Crippen molar-refractivity contribution in [1.29, 1.82) is 0 Å². The smallest absolute Gasteiger partial charge is 0.342 e. The van der Waals surface area contributed by atoms with Crippen LogP contribution in [0, 0.1) is 6.92 Å². The summed E-state index contributed by atoms with van der Waals surface area (Å²) in [6.45, 7) is 7.58. The van der Waals surface area contributed by atoms with E-state index in [1.165, 1.54) is 18.4 Å². The number of thiazole rings is 1. The molecule has 1 aromatic rings. The van der Waals surface area contributed by atoms with Crippen molar-refractivity contribution in [1.82, 2.24) is 10.3 Å². The van der Waals surface area contributed by atoms with Gasteiger partial charge in [0.15, 0.2) is 5.13 Å². The maximum absolute atomic E-state index is 12.3. The van der Waals surface area contributed by atoms with E-state index in [2.05, 4.69) is 10.3 Å². The zero-order chi connectivity index (χ0) is 14.8. The average molecular weight is 295 g/mol. The first-order chi connectivity index (χ1) is 8.48.